The fraction of sp³-hybridized carbons (Fsp3) is 0.235. The number of esters is 1. The van der Waals surface area contributed by atoms with Gasteiger partial charge in [-0.15, -0.1) is 0 Å². The first-order valence-corrected chi connectivity index (χ1v) is 9.18. The van der Waals surface area contributed by atoms with Crippen molar-refractivity contribution in [3.63, 3.8) is 0 Å². The molecule has 1 N–H and O–H groups in total. The normalized spacial score (nSPS) is 11.0. The van der Waals surface area contributed by atoms with Crippen LogP contribution in [0.25, 0.3) is 0 Å². The lowest BCUT2D eigenvalue weighted by molar-refractivity contribution is -0.142. The lowest BCUT2D eigenvalue weighted by Gasteiger charge is -2.12. The van der Waals surface area contributed by atoms with Gasteiger partial charge >= 0.3 is 5.97 Å². The quantitative estimate of drug-likeness (QED) is 0.774. The van der Waals surface area contributed by atoms with Gasteiger partial charge in [0.05, 0.1) is 22.7 Å². The van der Waals surface area contributed by atoms with Crippen LogP contribution in [0.4, 0.5) is 5.69 Å². The maximum atomic E-state index is 12.5. The topological polar surface area (TPSA) is 81.7 Å². The maximum Gasteiger partial charge on any atom is 0.343 e. The Morgan fingerprint density at radius 3 is 2.48 bits per heavy atom. The summed E-state index contributed by atoms with van der Waals surface area (Å²) in [6.45, 7) is 3.43. The first kappa shape index (κ1) is 19.1. The van der Waals surface area contributed by atoms with Gasteiger partial charge in [0.25, 0.3) is 10.0 Å². The van der Waals surface area contributed by atoms with Crippen molar-refractivity contribution in [2.75, 3.05) is 18.4 Å². The van der Waals surface area contributed by atoms with E-state index >= 15 is 0 Å². The number of carbonyl (C=O) groups is 1. The minimum absolute atomic E-state index is 0.0112. The molecule has 2 rings (SSSR count). The highest BCUT2D eigenvalue weighted by Gasteiger charge is 2.17. The Hall–Kier alpha value is -2.25. The van der Waals surface area contributed by atoms with Gasteiger partial charge in [-0.3, -0.25) is 4.72 Å². The lowest BCUT2D eigenvalue weighted by Crippen LogP contribution is -2.15. The number of carbonyl (C=O) groups excluding carboxylic acids is 1. The molecule has 0 atom stereocenters. The fourth-order valence-corrected chi connectivity index (χ4v) is 3.55. The average molecular weight is 384 g/mol. The summed E-state index contributed by atoms with van der Waals surface area (Å²) in [6.07, 6.45) is 0. The summed E-state index contributed by atoms with van der Waals surface area (Å²) in [5.74, 6) is -0.373. The number of hydrogen-bond donors (Lipinski definition) is 1. The van der Waals surface area contributed by atoms with Gasteiger partial charge in [0.2, 0.25) is 0 Å². The molecule has 0 radical (unpaired) electrons. The van der Waals surface area contributed by atoms with E-state index in [0.29, 0.717) is 5.69 Å². The van der Waals surface area contributed by atoms with Crippen molar-refractivity contribution < 1.29 is 22.7 Å². The van der Waals surface area contributed by atoms with E-state index in [4.69, 9.17) is 16.3 Å². The molecule has 8 heteroatoms. The summed E-state index contributed by atoms with van der Waals surface area (Å²) in [6, 6.07) is 9.42. The SMILES string of the molecule is COC(=O)COc1ccc(S(=O)(=O)Nc2ccc(C)cc2C)cc1Cl. The summed E-state index contributed by atoms with van der Waals surface area (Å²) in [7, 11) is -2.57. The van der Waals surface area contributed by atoms with Gasteiger partial charge in [0.15, 0.2) is 6.61 Å². The summed E-state index contributed by atoms with van der Waals surface area (Å²) in [5, 5.41) is 0.0763. The Balaban J connectivity index is 2.22. The van der Waals surface area contributed by atoms with Crippen LogP contribution < -0.4 is 9.46 Å². The Bertz CT molecular complexity index is 896. The van der Waals surface area contributed by atoms with E-state index in [-0.39, 0.29) is 22.3 Å². The van der Waals surface area contributed by atoms with E-state index in [1.54, 1.807) is 6.07 Å². The van der Waals surface area contributed by atoms with Crippen molar-refractivity contribution in [2.24, 2.45) is 0 Å². The molecule has 0 fully saturated rings. The smallest absolute Gasteiger partial charge is 0.343 e. The summed E-state index contributed by atoms with van der Waals surface area (Å²) in [4.78, 5) is 11.1. The highest BCUT2D eigenvalue weighted by Crippen LogP contribution is 2.29. The van der Waals surface area contributed by atoms with E-state index in [1.165, 1.54) is 25.3 Å². The highest BCUT2D eigenvalue weighted by molar-refractivity contribution is 7.92. The molecule has 0 heterocycles. The number of halogens is 1. The molecule has 0 aliphatic rings. The molecule has 0 unspecified atom stereocenters. The number of sulfonamides is 1. The number of nitrogens with one attached hydrogen (secondary N) is 1. The van der Waals surface area contributed by atoms with Crippen molar-refractivity contribution >= 4 is 33.3 Å². The van der Waals surface area contributed by atoms with E-state index in [9.17, 15) is 13.2 Å². The lowest BCUT2D eigenvalue weighted by atomic mass is 10.1. The minimum atomic E-state index is -3.81. The van der Waals surface area contributed by atoms with Crippen molar-refractivity contribution in [1.29, 1.82) is 0 Å². The molecule has 0 amide bonds. The van der Waals surface area contributed by atoms with Crippen LogP contribution in [0.2, 0.25) is 5.02 Å². The van der Waals surface area contributed by atoms with Gasteiger partial charge in [0.1, 0.15) is 5.75 Å². The molecular formula is C17H18ClNO5S. The minimum Gasteiger partial charge on any atom is -0.480 e. The van der Waals surface area contributed by atoms with Crippen molar-refractivity contribution in [3.8, 4) is 5.75 Å². The first-order chi connectivity index (χ1) is 11.7. The summed E-state index contributed by atoms with van der Waals surface area (Å²) >= 11 is 6.05. The molecule has 6 nitrogen and oxygen atoms in total. The summed E-state index contributed by atoms with van der Waals surface area (Å²) < 4.78 is 37.2. The van der Waals surface area contributed by atoms with Crippen LogP contribution in [0.5, 0.6) is 5.75 Å². The third-order valence-electron chi connectivity index (χ3n) is 3.41. The average Bonchev–Trinajstić information content (AvgIpc) is 2.55. The van der Waals surface area contributed by atoms with Gasteiger partial charge in [-0.05, 0) is 43.7 Å². The number of rotatable bonds is 6. The third kappa shape index (κ3) is 4.87. The Morgan fingerprint density at radius 1 is 1.16 bits per heavy atom. The Kier molecular flexibility index (Phi) is 5.92. The standard InChI is InChI=1S/C17H18ClNO5S/c1-11-4-6-15(12(2)8-11)19-25(21,22)13-5-7-16(14(18)9-13)24-10-17(20)23-3/h4-9,19H,10H2,1-3H3. The zero-order valence-corrected chi connectivity index (χ0v) is 15.6. The maximum absolute atomic E-state index is 12.5. The Labute approximate surface area is 151 Å². The third-order valence-corrected chi connectivity index (χ3v) is 5.07. The van der Waals surface area contributed by atoms with Gasteiger partial charge in [-0.1, -0.05) is 29.3 Å². The molecule has 0 aliphatic carbocycles. The van der Waals surface area contributed by atoms with Crippen LogP contribution in [0.1, 0.15) is 11.1 Å². The van der Waals surface area contributed by atoms with Crippen LogP contribution >= 0.6 is 11.6 Å². The van der Waals surface area contributed by atoms with Crippen LogP contribution in [0.3, 0.4) is 0 Å². The number of ether oxygens (including phenoxy) is 2. The van der Waals surface area contributed by atoms with Gasteiger partial charge in [-0.2, -0.15) is 0 Å². The zero-order valence-electron chi connectivity index (χ0n) is 14.0. The fourth-order valence-electron chi connectivity index (χ4n) is 2.09. The molecule has 0 saturated carbocycles. The molecule has 0 spiro atoms. The van der Waals surface area contributed by atoms with Gasteiger partial charge in [-0.25, -0.2) is 13.2 Å². The molecule has 0 saturated heterocycles. The monoisotopic (exact) mass is 383 g/mol. The Morgan fingerprint density at radius 2 is 1.88 bits per heavy atom. The second-order valence-electron chi connectivity index (χ2n) is 5.38. The molecule has 2 aromatic rings. The number of methoxy groups -OCH3 is 1. The number of anilines is 1. The van der Waals surface area contributed by atoms with E-state index < -0.39 is 16.0 Å². The van der Waals surface area contributed by atoms with Gasteiger partial charge < -0.3 is 9.47 Å². The van der Waals surface area contributed by atoms with E-state index in [0.717, 1.165) is 11.1 Å². The second kappa shape index (κ2) is 7.76. The predicted molar refractivity (Wildman–Crippen MR) is 95.7 cm³/mol. The number of hydrogen-bond acceptors (Lipinski definition) is 5. The van der Waals surface area contributed by atoms with Crippen molar-refractivity contribution in [1.82, 2.24) is 0 Å². The highest BCUT2D eigenvalue weighted by atomic mass is 35.5. The van der Waals surface area contributed by atoms with E-state index in [1.807, 2.05) is 26.0 Å². The van der Waals surface area contributed by atoms with Gasteiger partial charge in [0, 0.05) is 0 Å². The number of aryl methyl sites for hydroxylation is 2. The predicted octanol–water partition coefficient (Wildman–Crippen LogP) is 3.31. The van der Waals surface area contributed by atoms with E-state index in [2.05, 4.69) is 9.46 Å². The molecule has 134 valence electrons. The molecule has 0 bridgehead atoms. The van der Waals surface area contributed by atoms with Crippen LogP contribution in [-0.2, 0) is 19.6 Å². The van der Waals surface area contributed by atoms with Crippen molar-refractivity contribution in [3.05, 3.63) is 52.5 Å². The first-order valence-electron chi connectivity index (χ1n) is 7.32. The number of benzene rings is 2. The molecule has 0 aliphatic heterocycles. The second-order valence-corrected chi connectivity index (χ2v) is 7.47. The summed E-state index contributed by atoms with van der Waals surface area (Å²) in [5.41, 5.74) is 2.34. The van der Waals surface area contributed by atoms with Crippen molar-refractivity contribution in [2.45, 2.75) is 18.7 Å². The van der Waals surface area contributed by atoms with Crippen LogP contribution in [0.15, 0.2) is 41.3 Å². The molecule has 25 heavy (non-hydrogen) atoms. The zero-order chi connectivity index (χ0) is 18.6. The molecular weight excluding hydrogens is 366 g/mol. The molecule has 0 aromatic heterocycles. The van der Waals surface area contributed by atoms with Crippen LogP contribution in [-0.4, -0.2) is 28.1 Å². The largest absolute Gasteiger partial charge is 0.480 e. The van der Waals surface area contributed by atoms with Crippen LogP contribution in [0, 0.1) is 13.8 Å². The molecule has 2 aromatic carbocycles.